The number of carbonyl (C=O) groups excluding carboxylic acids is 1. The van der Waals surface area contributed by atoms with E-state index in [9.17, 15) is 4.79 Å². The van der Waals surface area contributed by atoms with E-state index in [4.69, 9.17) is 4.74 Å². The molecular weight excluding hydrogens is 290 g/mol. The standard InChI is InChI=1S/C18H29N3O2/c1-4-5-7-16(19-2)14-23-18(22)21-11-6-8-17(21)15-9-12-20(3)13-10-15/h4-5,7,15,17H,2,6,8-14H2,1,3H3/b5-4-,16-7-/t17-/m0/s1. The number of carbonyl (C=O) groups is 1. The fourth-order valence-electron chi connectivity index (χ4n) is 3.49. The molecule has 0 radical (unpaired) electrons. The first-order valence-corrected chi connectivity index (χ1v) is 8.56. The number of piperidine rings is 1. The van der Waals surface area contributed by atoms with E-state index < -0.39 is 0 Å². The predicted molar refractivity (Wildman–Crippen MR) is 93.7 cm³/mol. The molecule has 1 atom stereocenters. The molecule has 0 unspecified atom stereocenters. The van der Waals surface area contributed by atoms with Crippen LogP contribution in [-0.4, -0.2) is 61.9 Å². The van der Waals surface area contributed by atoms with Crippen molar-refractivity contribution in [1.29, 1.82) is 0 Å². The second-order valence-corrected chi connectivity index (χ2v) is 6.44. The molecule has 5 heteroatoms. The van der Waals surface area contributed by atoms with Gasteiger partial charge in [-0.15, -0.1) is 0 Å². The average Bonchev–Trinajstić information content (AvgIpc) is 3.05. The van der Waals surface area contributed by atoms with Crippen LogP contribution in [0.25, 0.3) is 0 Å². The minimum absolute atomic E-state index is 0.184. The summed E-state index contributed by atoms with van der Waals surface area (Å²) in [5.41, 5.74) is 0.673. The second kappa shape index (κ2) is 8.87. The smallest absolute Gasteiger partial charge is 0.410 e. The lowest BCUT2D eigenvalue weighted by atomic mass is 9.88. The number of nitrogens with zero attached hydrogens (tertiary/aromatic N) is 3. The Bertz CT molecular complexity index is 465. The molecule has 2 fully saturated rings. The lowest BCUT2D eigenvalue weighted by Gasteiger charge is -2.36. The minimum Gasteiger partial charge on any atom is -0.443 e. The molecule has 2 heterocycles. The summed E-state index contributed by atoms with van der Waals surface area (Å²) in [4.78, 5) is 20.6. The highest BCUT2D eigenvalue weighted by atomic mass is 16.6. The Kier molecular flexibility index (Phi) is 6.84. The molecule has 2 aliphatic heterocycles. The largest absolute Gasteiger partial charge is 0.443 e. The topological polar surface area (TPSA) is 45.1 Å². The molecule has 2 rings (SSSR count). The van der Waals surface area contributed by atoms with Crippen LogP contribution in [0, 0.1) is 5.92 Å². The average molecular weight is 319 g/mol. The maximum atomic E-state index is 12.4. The number of amides is 1. The molecule has 128 valence electrons. The van der Waals surface area contributed by atoms with Crippen molar-refractivity contribution in [3.63, 3.8) is 0 Å². The Hall–Kier alpha value is -1.62. The Balaban J connectivity index is 1.89. The molecule has 0 spiro atoms. The monoisotopic (exact) mass is 319 g/mol. The summed E-state index contributed by atoms with van der Waals surface area (Å²) >= 11 is 0. The van der Waals surface area contributed by atoms with Crippen LogP contribution >= 0.6 is 0 Å². The van der Waals surface area contributed by atoms with Crippen molar-refractivity contribution in [1.82, 2.24) is 9.80 Å². The van der Waals surface area contributed by atoms with Crippen molar-refractivity contribution in [2.24, 2.45) is 10.9 Å². The highest BCUT2D eigenvalue weighted by molar-refractivity contribution is 5.68. The van der Waals surface area contributed by atoms with Crippen molar-refractivity contribution in [3.05, 3.63) is 23.9 Å². The Labute approximate surface area is 139 Å². The zero-order chi connectivity index (χ0) is 16.7. The van der Waals surface area contributed by atoms with Crippen molar-refractivity contribution in [2.45, 2.75) is 38.6 Å². The molecular formula is C18H29N3O2. The molecule has 5 nitrogen and oxygen atoms in total. The molecule has 0 aromatic rings. The fourth-order valence-corrected chi connectivity index (χ4v) is 3.49. The van der Waals surface area contributed by atoms with E-state index in [0.29, 0.717) is 17.7 Å². The quantitative estimate of drug-likeness (QED) is 0.578. The van der Waals surface area contributed by atoms with Gasteiger partial charge in [-0.2, -0.15) is 0 Å². The summed E-state index contributed by atoms with van der Waals surface area (Å²) in [6.07, 6.45) is 9.91. The van der Waals surface area contributed by atoms with Gasteiger partial charge in [0.2, 0.25) is 0 Å². The number of allylic oxidation sites excluding steroid dienone is 3. The van der Waals surface area contributed by atoms with Gasteiger partial charge in [-0.05, 0) is 71.5 Å². The molecule has 0 aromatic carbocycles. The van der Waals surface area contributed by atoms with Crippen LogP contribution in [-0.2, 0) is 4.74 Å². The van der Waals surface area contributed by atoms with Crippen LogP contribution in [0.15, 0.2) is 28.9 Å². The van der Waals surface area contributed by atoms with Gasteiger partial charge in [-0.25, -0.2) is 4.79 Å². The lowest BCUT2D eigenvalue weighted by Crippen LogP contribution is -2.44. The van der Waals surface area contributed by atoms with E-state index in [1.54, 1.807) is 0 Å². The third-order valence-corrected chi connectivity index (χ3v) is 4.87. The summed E-state index contributed by atoms with van der Waals surface area (Å²) in [5.74, 6) is 0.608. The van der Waals surface area contributed by atoms with E-state index >= 15 is 0 Å². The molecule has 0 aromatic heterocycles. The lowest BCUT2D eigenvalue weighted by molar-refractivity contribution is 0.0806. The molecule has 23 heavy (non-hydrogen) atoms. The number of aliphatic imine (C=N–C) groups is 1. The van der Waals surface area contributed by atoms with E-state index in [0.717, 1.165) is 32.5 Å². The number of hydrogen-bond donors (Lipinski definition) is 0. The maximum absolute atomic E-state index is 12.4. The maximum Gasteiger partial charge on any atom is 0.410 e. The number of ether oxygens (including phenoxy) is 1. The SMILES string of the molecule is C=N/C(=C\C=C/C)COC(=O)N1CCC[C@H]1C1CCN(C)CC1. The summed E-state index contributed by atoms with van der Waals surface area (Å²) in [7, 11) is 2.16. The molecule has 2 aliphatic rings. The third-order valence-electron chi connectivity index (χ3n) is 4.87. The molecule has 0 bridgehead atoms. The van der Waals surface area contributed by atoms with Crippen molar-refractivity contribution in [2.75, 3.05) is 33.3 Å². The van der Waals surface area contributed by atoms with Crippen molar-refractivity contribution in [3.8, 4) is 0 Å². The van der Waals surface area contributed by atoms with E-state index in [2.05, 4.69) is 23.7 Å². The normalized spacial score (nSPS) is 24.3. The van der Waals surface area contributed by atoms with Gasteiger partial charge in [-0.1, -0.05) is 12.2 Å². The van der Waals surface area contributed by atoms with Gasteiger partial charge in [0.05, 0.1) is 5.70 Å². The summed E-state index contributed by atoms with van der Waals surface area (Å²) in [6, 6.07) is 0.343. The van der Waals surface area contributed by atoms with Crippen LogP contribution in [0.2, 0.25) is 0 Å². The van der Waals surface area contributed by atoms with E-state index in [1.165, 1.54) is 12.8 Å². The minimum atomic E-state index is -0.207. The Morgan fingerprint density at radius 1 is 1.30 bits per heavy atom. The highest BCUT2D eigenvalue weighted by Gasteiger charge is 2.36. The van der Waals surface area contributed by atoms with Gasteiger partial charge < -0.3 is 14.5 Å². The summed E-state index contributed by atoms with van der Waals surface area (Å²) in [5, 5.41) is 0. The van der Waals surface area contributed by atoms with Crippen LogP contribution in [0.3, 0.4) is 0 Å². The van der Waals surface area contributed by atoms with Crippen molar-refractivity contribution >= 4 is 12.8 Å². The predicted octanol–water partition coefficient (Wildman–Crippen LogP) is 3.09. The number of rotatable bonds is 5. The van der Waals surface area contributed by atoms with Gasteiger partial charge >= 0.3 is 6.09 Å². The first-order chi connectivity index (χ1) is 11.2. The van der Waals surface area contributed by atoms with Crippen LogP contribution in [0.5, 0.6) is 0 Å². The first kappa shape index (κ1) is 17.7. The van der Waals surface area contributed by atoms with Gasteiger partial charge in [0, 0.05) is 12.6 Å². The fraction of sp³-hybridized carbons (Fsp3) is 0.667. The molecule has 0 saturated carbocycles. The first-order valence-electron chi connectivity index (χ1n) is 8.56. The summed E-state index contributed by atoms with van der Waals surface area (Å²) in [6.45, 7) is 8.70. The number of hydrogen-bond acceptors (Lipinski definition) is 4. The van der Waals surface area contributed by atoms with Gasteiger partial charge in [0.25, 0.3) is 0 Å². The van der Waals surface area contributed by atoms with Crippen molar-refractivity contribution < 1.29 is 9.53 Å². The van der Waals surface area contributed by atoms with Gasteiger partial charge in [0.15, 0.2) is 0 Å². The van der Waals surface area contributed by atoms with Crippen LogP contribution < -0.4 is 0 Å². The van der Waals surface area contributed by atoms with Crippen LogP contribution in [0.4, 0.5) is 4.79 Å². The molecule has 0 aliphatic carbocycles. The summed E-state index contributed by atoms with van der Waals surface area (Å²) < 4.78 is 5.46. The van der Waals surface area contributed by atoms with Crippen LogP contribution in [0.1, 0.15) is 32.6 Å². The zero-order valence-corrected chi connectivity index (χ0v) is 14.4. The molecule has 2 saturated heterocycles. The second-order valence-electron chi connectivity index (χ2n) is 6.44. The number of likely N-dealkylation sites (tertiary alicyclic amines) is 2. The molecule has 1 amide bonds. The van der Waals surface area contributed by atoms with Gasteiger partial charge in [0.1, 0.15) is 6.61 Å². The zero-order valence-electron chi connectivity index (χ0n) is 14.4. The van der Waals surface area contributed by atoms with E-state index in [1.807, 2.05) is 30.1 Å². The third kappa shape index (κ3) is 4.93. The van der Waals surface area contributed by atoms with E-state index in [-0.39, 0.29) is 12.7 Å². The Morgan fingerprint density at radius 3 is 2.70 bits per heavy atom. The Morgan fingerprint density at radius 2 is 2.04 bits per heavy atom. The van der Waals surface area contributed by atoms with Gasteiger partial charge in [-0.3, -0.25) is 4.99 Å². The highest BCUT2D eigenvalue weighted by Crippen LogP contribution is 2.31. The molecule has 0 N–H and O–H groups in total.